The minimum atomic E-state index is -0.310. The molecule has 2 heterocycles. The number of hydrogen-bond donors (Lipinski definition) is 0. The van der Waals surface area contributed by atoms with Gasteiger partial charge in [0.15, 0.2) is 0 Å². The second-order valence-corrected chi connectivity index (χ2v) is 7.20. The van der Waals surface area contributed by atoms with Crippen molar-refractivity contribution in [2.24, 2.45) is 11.8 Å². The number of rotatable bonds is 3. The standard InChI is InChI=1S/C18H29N3O4/c1-2-25-18(24)21-11-9-20(10-12-21)17(23)15-13-14(15)16(22)19-7-5-3-4-6-8-19/h14-15H,2-13H2,1H3. The van der Waals surface area contributed by atoms with Crippen molar-refractivity contribution >= 4 is 17.9 Å². The van der Waals surface area contributed by atoms with Gasteiger partial charge in [-0.3, -0.25) is 9.59 Å². The van der Waals surface area contributed by atoms with Crippen LogP contribution < -0.4 is 0 Å². The Kier molecular flexibility index (Phi) is 5.81. The lowest BCUT2D eigenvalue weighted by atomic mass is 10.2. The number of hydrogen-bond acceptors (Lipinski definition) is 4. The Balaban J connectivity index is 1.45. The number of piperazine rings is 1. The van der Waals surface area contributed by atoms with Gasteiger partial charge in [-0.1, -0.05) is 12.8 Å². The van der Waals surface area contributed by atoms with E-state index in [1.54, 1.807) is 16.7 Å². The third kappa shape index (κ3) is 4.25. The van der Waals surface area contributed by atoms with Crippen molar-refractivity contribution < 1.29 is 19.1 Å². The van der Waals surface area contributed by atoms with Crippen molar-refractivity contribution in [3.05, 3.63) is 0 Å². The minimum absolute atomic E-state index is 0.0803. The highest BCUT2D eigenvalue weighted by Gasteiger charge is 2.51. The monoisotopic (exact) mass is 351 g/mol. The molecule has 1 aliphatic carbocycles. The summed E-state index contributed by atoms with van der Waals surface area (Å²) in [5.74, 6) is -0.0133. The first-order valence-corrected chi connectivity index (χ1v) is 9.61. The van der Waals surface area contributed by atoms with Crippen molar-refractivity contribution in [3.63, 3.8) is 0 Å². The van der Waals surface area contributed by atoms with Crippen molar-refractivity contribution in [3.8, 4) is 0 Å². The van der Waals surface area contributed by atoms with E-state index < -0.39 is 0 Å². The average Bonchev–Trinajstić information content (AvgIpc) is 3.45. The summed E-state index contributed by atoms with van der Waals surface area (Å²) in [5.41, 5.74) is 0. The fourth-order valence-electron chi connectivity index (χ4n) is 3.83. The highest BCUT2D eigenvalue weighted by molar-refractivity contribution is 5.92. The Labute approximate surface area is 149 Å². The molecule has 0 spiro atoms. The van der Waals surface area contributed by atoms with Gasteiger partial charge < -0.3 is 19.4 Å². The molecule has 0 radical (unpaired) electrons. The first kappa shape index (κ1) is 18.0. The Hall–Kier alpha value is -1.79. The number of carbonyl (C=O) groups excluding carboxylic acids is 3. The van der Waals surface area contributed by atoms with E-state index >= 15 is 0 Å². The van der Waals surface area contributed by atoms with E-state index in [0.29, 0.717) is 39.2 Å². The number of nitrogens with zero attached hydrogens (tertiary/aromatic N) is 3. The molecule has 0 N–H and O–H groups in total. The molecule has 0 aromatic carbocycles. The molecule has 3 aliphatic rings. The van der Waals surface area contributed by atoms with Crippen LogP contribution in [0, 0.1) is 11.8 Å². The Morgan fingerprint density at radius 3 is 1.76 bits per heavy atom. The zero-order chi connectivity index (χ0) is 17.8. The Bertz CT molecular complexity index is 508. The second kappa shape index (κ2) is 8.06. The maximum atomic E-state index is 12.6. The van der Waals surface area contributed by atoms with Gasteiger partial charge in [0.05, 0.1) is 18.4 Å². The van der Waals surface area contributed by atoms with E-state index in [9.17, 15) is 14.4 Å². The summed E-state index contributed by atoms with van der Waals surface area (Å²) in [4.78, 5) is 42.4. The molecular formula is C18H29N3O4. The molecule has 3 fully saturated rings. The maximum absolute atomic E-state index is 12.6. The highest BCUT2D eigenvalue weighted by atomic mass is 16.6. The molecule has 7 heteroatoms. The summed E-state index contributed by atoms with van der Waals surface area (Å²) >= 11 is 0. The molecule has 0 aromatic rings. The van der Waals surface area contributed by atoms with E-state index in [4.69, 9.17) is 4.74 Å². The van der Waals surface area contributed by atoms with Crippen LogP contribution in [-0.4, -0.2) is 78.5 Å². The molecule has 2 saturated heterocycles. The second-order valence-electron chi connectivity index (χ2n) is 7.20. The van der Waals surface area contributed by atoms with Crippen LogP contribution in [0.2, 0.25) is 0 Å². The van der Waals surface area contributed by atoms with Crippen molar-refractivity contribution in [2.75, 3.05) is 45.9 Å². The normalized spacial score (nSPS) is 26.8. The maximum Gasteiger partial charge on any atom is 0.409 e. The van der Waals surface area contributed by atoms with E-state index in [2.05, 4.69) is 0 Å². The van der Waals surface area contributed by atoms with Crippen LogP contribution in [0.15, 0.2) is 0 Å². The largest absolute Gasteiger partial charge is 0.450 e. The van der Waals surface area contributed by atoms with Gasteiger partial charge in [-0.2, -0.15) is 0 Å². The molecule has 140 valence electrons. The number of likely N-dealkylation sites (tertiary alicyclic amines) is 1. The van der Waals surface area contributed by atoms with Gasteiger partial charge in [0.1, 0.15) is 0 Å². The molecule has 3 amide bonds. The SMILES string of the molecule is CCOC(=O)N1CCN(C(=O)C2CC2C(=O)N2CCCCCC2)CC1. The van der Waals surface area contributed by atoms with Crippen LogP contribution >= 0.6 is 0 Å². The molecule has 2 unspecified atom stereocenters. The van der Waals surface area contributed by atoms with Gasteiger partial charge in [-0.05, 0) is 26.2 Å². The summed E-state index contributed by atoms with van der Waals surface area (Å²) in [5, 5.41) is 0. The number of carbonyl (C=O) groups is 3. The number of amides is 3. The molecule has 1 saturated carbocycles. The average molecular weight is 351 g/mol. The molecule has 3 rings (SSSR count). The molecule has 0 bridgehead atoms. The van der Waals surface area contributed by atoms with Crippen LogP contribution in [0.3, 0.4) is 0 Å². The first-order valence-electron chi connectivity index (χ1n) is 9.61. The lowest BCUT2D eigenvalue weighted by molar-refractivity contribution is -0.138. The van der Waals surface area contributed by atoms with Crippen LogP contribution in [0.1, 0.15) is 39.0 Å². The predicted molar refractivity (Wildman–Crippen MR) is 91.8 cm³/mol. The molecule has 0 aromatic heterocycles. The van der Waals surface area contributed by atoms with Gasteiger partial charge in [0, 0.05) is 39.3 Å². The Morgan fingerprint density at radius 2 is 1.24 bits per heavy atom. The summed E-state index contributed by atoms with van der Waals surface area (Å²) < 4.78 is 5.00. The quantitative estimate of drug-likeness (QED) is 0.769. The van der Waals surface area contributed by atoms with Gasteiger partial charge in [0.25, 0.3) is 0 Å². The highest BCUT2D eigenvalue weighted by Crippen LogP contribution is 2.41. The molecule has 7 nitrogen and oxygen atoms in total. The molecule has 25 heavy (non-hydrogen) atoms. The zero-order valence-corrected chi connectivity index (χ0v) is 15.1. The summed E-state index contributed by atoms with van der Waals surface area (Å²) in [6.07, 6.45) is 4.92. The Morgan fingerprint density at radius 1 is 0.760 bits per heavy atom. The fourth-order valence-corrected chi connectivity index (χ4v) is 3.83. The smallest absolute Gasteiger partial charge is 0.409 e. The van der Waals surface area contributed by atoms with Crippen LogP contribution in [-0.2, 0) is 14.3 Å². The molecule has 2 atom stereocenters. The lowest BCUT2D eigenvalue weighted by Gasteiger charge is -2.34. The van der Waals surface area contributed by atoms with Crippen LogP contribution in [0.25, 0.3) is 0 Å². The van der Waals surface area contributed by atoms with E-state index in [1.807, 2.05) is 4.90 Å². The minimum Gasteiger partial charge on any atom is -0.450 e. The van der Waals surface area contributed by atoms with Gasteiger partial charge in [0.2, 0.25) is 11.8 Å². The fraction of sp³-hybridized carbons (Fsp3) is 0.833. The van der Waals surface area contributed by atoms with Crippen molar-refractivity contribution in [1.29, 1.82) is 0 Å². The first-order chi connectivity index (χ1) is 12.1. The topological polar surface area (TPSA) is 70.2 Å². The molecule has 2 aliphatic heterocycles. The summed E-state index contributed by atoms with van der Waals surface area (Å²) in [6.45, 7) is 5.89. The van der Waals surface area contributed by atoms with E-state index in [0.717, 1.165) is 25.9 Å². The van der Waals surface area contributed by atoms with Crippen LogP contribution in [0.4, 0.5) is 4.79 Å². The third-order valence-corrected chi connectivity index (χ3v) is 5.46. The van der Waals surface area contributed by atoms with Gasteiger partial charge >= 0.3 is 6.09 Å². The van der Waals surface area contributed by atoms with Crippen molar-refractivity contribution in [1.82, 2.24) is 14.7 Å². The zero-order valence-electron chi connectivity index (χ0n) is 15.1. The predicted octanol–water partition coefficient (Wildman–Crippen LogP) is 1.33. The lowest BCUT2D eigenvalue weighted by Crippen LogP contribution is -2.51. The molecular weight excluding hydrogens is 322 g/mol. The van der Waals surface area contributed by atoms with Gasteiger partial charge in [-0.15, -0.1) is 0 Å². The summed E-state index contributed by atoms with van der Waals surface area (Å²) in [7, 11) is 0. The van der Waals surface area contributed by atoms with Crippen LogP contribution in [0.5, 0.6) is 0 Å². The summed E-state index contributed by atoms with van der Waals surface area (Å²) in [6, 6.07) is 0. The van der Waals surface area contributed by atoms with Crippen molar-refractivity contribution in [2.45, 2.75) is 39.0 Å². The third-order valence-electron chi connectivity index (χ3n) is 5.46. The van der Waals surface area contributed by atoms with E-state index in [1.165, 1.54) is 12.8 Å². The van der Waals surface area contributed by atoms with E-state index in [-0.39, 0.29) is 29.7 Å². The van der Waals surface area contributed by atoms with Gasteiger partial charge in [-0.25, -0.2) is 4.79 Å². The number of ether oxygens (including phenoxy) is 1.